The molecule has 1 N–H and O–H groups in total. The van der Waals surface area contributed by atoms with Crippen LogP contribution in [0.1, 0.15) is 4.88 Å². The largest absolute Gasteiger partial charge is 0.332 e. The molecule has 0 aliphatic heterocycles. The van der Waals surface area contributed by atoms with Crippen LogP contribution in [0.25, 0.3) is 22.4 Å². The molecule has 0 radical (unpaired) electrons. The Kier molecular flexibility index (Phi) is 5.04. The Hall–Kier alpha value is -3.24. The van der Waals surface area contributed by atoms with Crippen molar-refractivity contribution >= 4 is 45.1 Å². The Morgan fingerprint density at radius 2 is 1.87 bits per heavy atom. The molecule has 11 heteroatoms. The summed E-state index contributed by atoms with van der Waals surface area (Å²) in [5.74, 6) is -0.360. The van der Waals surface area contributed by atoms with E-state index in [1.54, 1.807) is 12.1 Å². The van der Waals surface area contributed by atoms with Gasteiger partial charge in [0, 0.05) is 29.6 Å². The first-order valence-electron chi connectivity index (χ1n) is 8.90. The number of aryl methyl sites for hydroxylation is 2. The summed E-state index contributed by atoms with van der Waals surface area (Å²) in [6.45, 7) is 1.78. The van der Waals surface area contributed by atoms with Gasteiger partial charge in [-0.25, -0.2) is 14.8 Å². The molecule has 0 bridgehead atoms. The molecule has 4 aromatic rings. The molecule has 0 saturated carbocycles. The van der Waals surface area contributed by atoms with Gasteiger partial charge in [-0.1, -0.05) is 23.7 Å². The maximum Gasteiger partial charge on any atom is 0.332 e. The van der Waals surface area contributed by atoms with Crippen molar-refractivity contribution in [3.8, 4) is 11.3 Å². The van der Waals surface area contributed by atoms with E-state index < -0.39 is 11.2 Å². The lowest BCUT2D eigenvalue weighted by Gasteiger charge is -2.06. The number of carbonyl (C=O) groups excluding carboxylic acids is 1. The van der Waals surface area contributed by atoms with Gasteiger partial charge in [0.15, 0.2) is 16.3 Å². The van der Waals surface area contributed by atoms with E-state index >= 15 is 0 Å². The number of aromatic nitrogens is 5. The van der Waals surface area contributed by atoms with Gasteiger partial charge in [-0.05, 0) is 19.1 Å². The van der Waals surface area contributed by atoms with Crippen molar-refractivity contribution in [1.82, 2.24) is 23.7 Å². The van der Waals surface area contributed by atoms with Crippen molar-refractivity contribution in [3.05, 3.63) is 61.3 Å². The normalized spacial score (nSPS) is 11.2. The van der Waals surface area contributed by atoms with E-state index in [4.69, 9.17) is 11.6 Å². The van der Waals surface area contributed by atoms with Crippen molar-refractivity contribution in [2.45, 2.75) is 13.5 Å². The van der Waals surface area contributed by atoms with E-state index in [0.29, 0.717) is 10.2 Å². The lowest BCUT2D eigenvalue weighted by molar-refractivity contribution is -0.116. The summed E-state index contributed by atoms with van der Waals surface area (Å²) in [6.07, 6.45) is 1.37. The van der Waals surface area contributed by atoms with Crippen molar-refractivity contribution in [2.24, 2.45) is 14.1 Å². The minimum absolute atomic E-state index is 0.140. The molecule has 4 rings (SSSR count). The fourth-order valence-electron chi connectivity index (χ4n) is 3.16. The zero-order valence-corrected chi connectivity index (χ0v) is 17.9. The molecule has 1 aromatic carbocycles. The van der Waals surface area contributed by atoms with Gasteiger partial charge >= 0.3 is 5.69 Å². The highest BCUT2D eigenvalue weighted by molar-refractivity contribution is 7.16. The van der Waals surface area contributed by atoms with Crippen LogP contribution in [-0.2, 0) is 25.4 Å². The third-order valence-corrected chi connectivity index (χ3v) is 5.83. The molecule has 3 heterocycles. The zero-order valence-electron chi connectivity index (χ0n) is 16.3. The number of hydrogen-bond donors (Lipinski definition) is 1. The van der Waals surface area contributed by atoms with Crippen LogP contribution in [-0.4, -0.2) is 29.6 Å². The molecule has 0 aliphatic rings. The summed E-state index contributed by atoms with van der Waals surface area (Å²) < 4.78 is 3.68. The van der Waals surface area contributed by atoms with Crippen LogP contribution >= 0.6 is 22.9 Å². The molecule has 0 fully saturated rings. The Labute approximate surface area is 179 Å². The second-order valence-corrected chi connectivity index (χ2v) is 8.37. The van der Waals surface area contributed by atoms with Crippen LogP contribution in [0.15, 0.2) is 40.2 Å². The molecule has 0 saturated heterocycles. The van der Waals surface area contributed by atoms with Crippen LogP contribution in [0.5, 0.6) is 0 Å². The molecule has 30 heavy (non-hydrogen) atoms. The Balaban J connectivity index is 1.59. The van der Waals surface area contributed by atoms with Gasteiger partial charge in [0.1, 0.15) is 6.54 Å². The summed E-state index contributed by atoms with van der Waals surface area (Å²) in [5.41, 5.74) is 1.10. The van der Waals surface area contributed by atoms with Crippen molar-refractivity contribution in [3.63, 3.8) is 0 Å². The van der Waals surface area contributed by atoms with E-state index in [1.807, 2.05) is 19.1 Å². The summed E-state index contributed by atoms with van der Waals surface area (Å²) in [4.78, 5) is 46.7. The van der Waals surface area contributed by atoms with Gasteiger partial charge in [-0.15, -0.1) is 11.3 Å². The lowest BCUT2D eigenvalue weighted by atomic mass is 10.1. The number of halogens is 1. The summed E-state index contributed by atoms with van der Waals surface area (Å²) in [6, 6.07) is 7.30. The van der Waals surface area contributed by atoms with E-state index in [0.717, 1.165) is 20.7 Å². The smallest absolute Gasteiger partial charge is 0.315 e. The quantitative estimate of drug-likeness (QED) is 0.519. The number of fused-ring (bicyclic) bond motifs is 1. The summed E-state index contributed by atoms with van der Waals surface area (Å²) in [5, 5.41) is 3.85. The molecule has 0 aliphatic carbocycles. The minimum Gasteiger partial charge on any atom is -0.315 e. The summed E-state index contributed by atoms with van der Waals surface area (Å²) in [7, 11) is 2.91. The molecule has 0 unspecified atom stereocenters. The number of nitrogens with one attached hydrogen (secondary N) is 1. The first-order chi connectivity index (χ1) is 14.3. The zero-order chi connectivity index (χ0) is 21.6. The third kappa shape index (κ3) is 3.44. The van der Waals surface area contributed by atoms with E-state index in [1.165, 1.54) is 40.9 Å². The number of amides is 1. The SMILES string of the molecule is Cc1sc(NC(=O)Cn2cnc3c2c(=O)n(C)c(=O)n3C)nc1-c1ccc(Cl)cc1. The van der Waals surface area contributed by atoms with Gasteiger partial charge in [-0.3, -0.25) is 18.7 Å². The van der Waals surface area contributed by atoms with Gasteiger partial charge in [0.05, 0.1) is 12.0 Å². The number of carbonyl (C=O) groups is 1. The van der Waals surface area contributed by atoms with E-state index in [2.05, 4.69) is 15.3 Å². The van der Waals surface area contributed by atoms with Crippen molar-refractivity contribution in [1.29, 1.82) is 0 Å². The first kappa shape index (κ1) is 20.0. The summed E-state index contributed by atoms with van der Waals surface area (Å²) >= 11 is 7.29. The number of hydrogen-bond acceptors (Lipinski definition) is 6. The third-order valence-electron chi connectivity index (χ3n) is 4.69. The second-order valence-electron chi connectivity index (χ2n) is 6.73. The molecule has 3 aromatic heterocycles. The number of anilines is 1. The van der Waals surface area contributed by atoms with Gasteiger partial charge < -0.3 is 9.88 Å². The fraction of sp³-hybridized carbons (Fsp3) is 0.211. The van der Waals surface area contributed by atoms with Crippen molar-refractivity contribution < 1.29 is 4.79 Å². The number of benzene rings is 1. The fourth-order valence-corrected chi connectivity index (χ4v) is 4.13. The highest BCUT2D eigenvalue weighted by atomic mass is 35.5. The Bertz CT molecular complexity index is 1400. The highest BCUT2D eigenvalue weighted by Crippen LogP contribution is 2.31. The molecule has 1 amide bonds. The average molecular weight is 445 g/mol. The van der Waals surface area contributed by atoms with E-state index in [9.17, 15) is 14.4 Å². The van der Waals surface area contributed by atoms with Gasteiger partial charge in [0.25, 0.3) is 5.56 Å². The Morgan fingerprint density at radius 3 is 2.57 bits per heavy atom. The van der Waals surface area contributed by atoms with E-state index in [-0.39, 0.29) is 23.6 Å². The number of rotatable bonds is 4. The standard InChI is InChI=1S/C19H17ClN6O3S/c1-10-14(11-4-6-12(20)7-5-11)23-18(30-10)22-13(27)8-26-9-21-16-15(26)17(28)25(3)19(29)24(16)2/h4-7,9H,8H2,1-3H3,(H,22,23,27). The maximum atomic E-state index is 12.6. The molecule has 0 spiro atoms. The second kappa shape index (κ2) is 7.54. The maximum absolute atomic E-state index is 12.6. The topological polar surface area (TPSA) is 104 Å². The Morgan fingerprint density at radius 1 is 1.17 bits per heavy atom. The van der Waals surface area contributed by atoms with Gasteiger partial charge in [0.2, 0.25) is 5.91 Å². The average Bonchev–Trinajstić information content (AvgIpc) is 3.28. The molecular weight excluding hydrogens is 428 g/mol. The molecule has 154 valence electrons. The van der Waals surface area contributed by atoms with Crippen molar-refractivity contribution in [2.75, 3.05) is 5.32 Å². The first-order valence-corrected chi connectivity index (χ1v) is 10.1. The minimum atomic E-state index is -0.506. The van der Waals surface area contributed by atoms with Crippen LogP contribution in [0.4, 0.5) is 5.13 Å². The van der Waals surface area contributed by atoms with Crippen LogP contribution in [0.2, 0.25) is 5.02 Å². The predicted octanol–water partition coefficient (Wildman–Crippen LogP) is 2.16. The monoisotopic (exact) mass is 444 g/mol. The van der Waals surface area contributed by atoms with Crippen LogP contribution < -0.4 is 16.6 Å². The van der Waals surface area contributed by atoms with Crippen LogP contribution in [0.3, 0.4) is 0 Å². The molecule has 9 nitrogen and oxygen atoms in total. The molecular formula is C19H17ClN6O3S. The number of thiazole rings is 1. The van der Waals surface area contributed by atoms with Gasteiger partial charge in [-0.2, -0.15) is 0 Å². The predicted molar refractivity (Wildman–Crippen MR) is 116 cm³/mol. The number of nitrogens with zero attached hydrogens (tertiary/aromatic N) is 5. The highest BCUT2D eigenvalue weighted by Gasteiger charge is 2.17. The molecule has 0 atom stereocenters. The lowest BCUT2D eigenvalue weighted by Crippen LogP contribution is -2.37. The van der Waals surface area contributed by atoms with Crippen LogP contribution in [0, 0.1) is 6.92 Å². The number of imidazole rings is 1.